The molecule has 0 spiro atoms. The molecule has 3 N–H and O–H groups in total. The summed E-state index contributed by atoms with van der Waals surface area (Å²) in [6, 6.07) is 31.8. The summed E-state index contributed by atoms with van der Waals surface area (Å²) >= 11 is 0. The van der Waals surface area contributed by atoms with E-state index in [4.69, 9.17) is 0 Å². The Morgan fingerprint density at radius 2 is 0.853 bits per heavy atom. The minimum atomic E-state index is 0.00181. The van der Waals surface area contributed by atoms with Gasteiger partial charge in [0.15, 0.2) is 11.6 Å². The molecule has 0 fully saturated rings. The molecule has 4 aromatic carbocycles. The highest BCUT2D eigenvalue weighted by atomic mass is 16.1. The smallest absolute Gasteiger partial charge is 0.197 e. The molecule has 5 nitrogen and oxygen atoms in total. The quantitative estimate of drug-likeness (QED) is 0.303. The Hall–Kier alpha value is -4.38. The molecule has 0 aliphatic rings. The van der Waals surface area contributed by atoms with Gasteiger partial charge in [-0.25, -0.2) is 0 Å². The highest BCUT2D eigenvalue weighted by molar-refractivity contribution is 6.16. The van der Waals surface area contributed by atoms with E-state index in [1.54, 1.807) is 0 Å². The van der Waals surface area contributed by atoms with Crippen LogP contribution in [0.15, 0.2) is 103 Å². The van der Waals surface area contributed by atoms with Crippen molar-refractivity contribution in [2.45, 2.75) is 0 Å². The predicted molar refractivity (Wildman–Crippen MR) is 141 cm³/mol. The number of carbonyl (C=O) groups is 2. The molecule has 0 aliphatic heterocycles. The molecule has 0 unspecified atom stereocenters. The number of ketones is 2. The van der Waals surface area contributed by atoms with Gasteiger partial charge in [-0.3, -0.25) is 9.59 Å². The normalized spacial score (nSPS) is 9.85. The largest absolute Gasteiger partial charge is 0.388 e. The third kappa shape index (κ3) is 5.90. The third-order valence-corrected chi connectivity index (χ3v) is 5.30. The lowest BCUT2D eigenvalue weighted by molar-refractivity contribution is 0.103. The first kappa shape index (κ1) is 24.3. The van der Waals surface area contributed by atoms with E-state index >= 15 is 0 Å². The first-order valence-electron chi connectivity index (χ1n) is 11.0. The van der Waals surface area contributed by atoms with Crippen LogP contribution in [0.3, 0.4) is 0 Å². The van der Waals surface area contributed by atoms with Crippen LogP contribution in [0.25, 0.3) is 0 Å². The topological polar surface area (TPSA) is 70.2 Å². The molecule has 0 heterocycles. The van der Waals surface area contributed by atoms with Crippen LogP contribution in [-0.4, -0.2) is 32.7 Å². The van der Waals surface area contributed by atoms with Gasteiger partial charge >= 0.3 is 0 Å². The summed E-state index contributed by atoms with van der Waals surface area (Å²) in [5.74, 6) is 0.0770. The minimum absolute atomic E-state index is 0.00181. The number of nitrogens with one attached hydrogen (secondary N) is 3. The fourth-order valence-corrected chi connectivity index (χ4v) is 3.50. The molecule has 0 aromatic heterocycles. The van der Waals surface area contributed by atoms with E-state index in [0.717, 1.165) is 28.2 Å². The van der Waals surface area contributed by atoms with E-state index in [1.807, 2.05) is 124 Å². The van der Waals surface area contributed by atoms with Gasteiger partial charge in [0.2, 0.25) is 0 Å². The Morgan fingerprint density at radius 3 is 1.18 bits per heavy atom. The number of hydrogen-bond acceptors (Lipinski definition) is 5. The van der Waals surface area contributed by atoms with Crippen LogP contribution in [0.1, 0.15) is 31.8 Å². The summed E-state index contributed by atoms with van der Waals surface area (Å²) in [4.78, 5) is 24.6. The van der Waals surface area contributed by atoms with Gasteiger partial charge in [0.05, 0.1) is 5.56 Å². The van der Waals surface area contributed by atoms with E-state index in [-0.39, 0.29) is 11.6 Å². The van der Waals surface area contributed by atoms with Crippen molar-refractivity contribution in [2.24, 2.45) is 0 Å². The van der Waals surface area contributed by atoms with Crippen LogP contribution in [0.2, 0.25) is 0 Å². The van der Waals surface area contributed by atoms with Crippen LogP contribution in [0, 0.1) is 0 Å². The molecular weight excluding hydrogens is 422 g/mol. The van der Waals surface area contributed by atoms with Gasteiger partial charge in [-0.1, -0.05) is 91.0 Å². The van der Waals surface area contributed by atoms with E-state index < -0.39 is 0 Å². The predicted octanol–water partition coefficient (Wildman–Crippen LogP) is 5.96. The van der Waals surface area contributed by atoms with E-state index in [1.165, 1.54) is 0 Å². The third-order valence-electron chi connectivity index (χ3n) is 5.30. The standard InChI is InChI=1S/C16H19N3O.C13H10O/c1-17-12-9-13(18-2)15(14(10-12)19-3)16(20)11-7-5-4-6-8-11;14-13(11-7-3-1-4-8-11)12-9-5-2-6-10-12/h4-10,17-19H,1-3H3;1-10H. The highest BCUT2D eigenvalue weighted by Gasteiger charge is 2.18. The van der Waals surface area contributed by atoms with Crippen LogP contribution in [-0.2, 0) is 0 Å². The molecule has 4 aromatic rings. The molecule has 0 amide bonds. The van der Waals surface area contributed by atoms with E-state index in [2.05, 4.69) is 16.0 Å². The Kier molecular flexibility index (Phi) is 8.58. The molecule has 0 saturated heterocycles. The summed E-state index contributed by atoms with van der Waals surface area (Å²) in [6.07, 6.45) is 0. The second-order valence-electron chi connectivity index (χ2n) is 7.45. The second kappa shape index (κ2) is 12.0. The van der Waals surface area contributed by atoms with Gasteiger partial charge < -0.3 is 16.0 Å². The van der Waals surface area contributed by atoms with Gasteiger partial charge in [0.1, 0.15) is 0 Å². The van der Waals surface area contributed by atoms with E-state index in [9.17, 15) is 9.59 Å². The van der Waals surface area contributed by atoms with Crippen molar-refractivity contribution in [3.8, 4) is 0 Å². The van der Waals surface area contributed by atoms with Crippen LogP contribution in [0.5, 0.6) is 0 Å². The number of hydrogen-bond donors (Lipinski definition) is 3. The molecule has 0 radical (unpaired) electrons. The van der Waals surface area contributed by atoms with Crippen molar-refractivity contribution in [1.82, 2.24) is 0 Å². The van der Waals surface area contributed by atoms with Gasteiger partial charge in [0.25, 0.3) is 0 Å². The maximum atomic E-state index is 12.7. The van der Waals surface area contributed by atoms with Gasteiger partial charge in [0, 0.05) is 54.9 Å². The Balaban J connectivity index is 0.000000202. The zero-order valence-electron chi connectivity index (χ0n) is 19.6. The zero-order chi connectivity index (χ0) is 24.3. The van der Waals surface area contributed by atoms with E-state index in [0.29, 0.717) is 11.1 Å². The molecule has 0 atom stereocenters. The van der Waals surface area contributed by atoms with Crippen LogP contribution < -0.4 is 16.0 Å². The SMILES string of the molecule is CNc1cc(NC)c(C(=O)c2ccccc2)c(NC)c1.O=C(c1ccccc1)c1ccccc1. The minimum Gasteiger partial charge on any atom is -0.388 e. The summed E-state index contributed by atoms with van der Waals surface area (Å²) in [5, 5.41) is 9.28. The molecule has 172 valence electrons. The lowest BCUT2D eigenvalue weighted by Gasteiger charge is -2.16. The molecule has 34 heavy (non-hydrogen) atoms. The summed E-state index contributed by atoms with van der Waals surface area (Å²) in [6.45, 7) is 0. The molecule has 4 rings (SSSR count). The van der Waals surface area contributed by atoms with Crippen molar-refractivity contribution in [2.75, 3.05) is 37.1 Å². The average molecular weight is 452 g/mol. The molecular formula is C29H29N3O2. The van der Waals surface area contributed by atoms with Crippen molar-refractivity contribution in [3.05, 3.63) is 125 Å². The van der Waals surface area contributed by atoms with Crippen molar-refractivity contribution in [3.63, 3.8) is 0 Å². The first-order valence-corrected chi connectivity index (χ1v) is 11.0. The summed E-state index contributed by atoms with van der Waals surface area (Å²) in [5.41, 5.74) is 5.35. The second-order valence-corrected chi connectivity index (χ2v) is 7.45. The number of benzene rings is 4. The zero-order valence-corrected chi connectivity index (χ0v) is 19.6. The summed E-state index contributed by atoms with van der Waals surface area (Å²) in [7, 11) is 5.48. The molecule has 0 bridgehead atoms. The fraction of sp³-hybridized carbons (Fsp3) is 0.103. The maximum Gasteiger partial charge on any atom is 0.197 e. The molecule has 5 heteroatoms. The lowest BCUT2D eigenvalue weighted by Crippen LogP contribution is -2.10. The fourth-order valence-electron chi connectivity index (χ4n) is 3.50. The summed E-state index contributed by atoms with van der Waals surface area (Å²) < 4.78 is 0. The first-order chi connectivity index (χ1) is 16.6. The number of carbonyl (C=O) groups excluding carboxylic acids is 2. The van der Waals surface area contributed by atoms with Gasteiger partial charge in [-0.2, -0.15) is 0 Å². The lowest BCUT2D eigenvalue weighted by atomic mass is 9.99. The van der Waals surface area contributed by atoms with Gasteiger partial charge in [-0.15, -0.1) is 0 Å². The van der Waals surface area contributed by atoms with Crippen molar-refractivity contribution in [1.29, 1.82) is 0 Å². The maximum absolute atomic E-state index is 12.7. The van der Waals surface area contributed by atoms with Crippen LogP contribution >= 0.6 is 0 Å². The van der Waals surface area contributed by atoms with Crippen molar-refractivity contribution < 1.29 is 9.59 Å². The Labute approximate surface area is 200 Å². The molecule has 0 aliphatic carbocycles. The monoisotopic (exact) mass is 451 g/mol. The average Bonchev–Trinajstić information content (AvgIpc) is 2.93. The van der Waals surface area contributed by atoms with Crippen molar-refractivity contribution >= 4 is 28.6 Å². The van der Waals surface area contributed by atoms with Crippen LogP contribution in [0.4, 0.5) is 17.1 Å². The Morgan fingerprint density at radius 1 is 0.500 bits per heavy atom. The number of rotatable bonds is 7. The number of anilines is 3. The Bertz CT molecular complexity index is 1160. The molecule has 0 saturated carbocycles. The highest BCUT2D eigenvalue weighted by Crippen LogP contribution is 2.31. The van der Waals surface area contributed by atoms with Gasteiger partial charge in [-0.05, 0) is 12.1 Å².